The van der Waals surface area contributed by atoms with Gasteiger partial charge in [0.15, 0.2) is 11.6 Å². The third kappa shape index (κ3) is 5.19. The molecular formula is C19H22FN3O2. The Bertz CT molecular complexity index is 700. The van der Waals surface area contributed by atoms with Crippen LogP contribution in [0.5, 0.6) is 11.5 Å². The van der Waals surface area contributed by atoms with Gasteiger partial charge in [0.2, 0.25) is 0 Å². The van der Waals surface area contributed by atoms with Crippen molar-refractivity contribution in [2.75, 3.05) is 18.4 Å². The summed E-state index contributed by atoms with van der Waals surface area (Å²) in [6.07, 6.45) is 3.31. The second kappa shape index (κ2) is 8.48. The van der Waals surface area contributed by atoms with Crippen LogP contribution >= 0.6 is 0 Å². The smallest absolute Gasteiger partial charge is 0.319 e. The Morgan fingerprint density at radius 2 is 2.00 bits per heavy atom. The largest absolute Gasteiger partial charge is 0.454 e. The SMILES string of the molecule is O=C(NCC[C@H]1CCCN1)Nc1ccc(Oc2ccccc2F)cc1. The minimum atomic E-state index is -0.416. The van der Waals surface area contributed by atoms with Crippen LogP contribution in [0.4, 0.5) is 14.9 Å². The summed E-state index contributed by atoms with van der Waals surface area (Å²) < 4.78 is 19.0. The first-order valence-corrected chi connectivity index (χ1v) is 8.51. The normalized spacial score (nSPS) is 16.4. The average Bonchev–Trinajstić information content (AvgIpc) is 3.12. The molecule has 1 fully saturated rings. The van der Waals surface area contributed by atoms with Gasteiger partial charge in [0, 0.05) is 18.3 Å². The van der Waals surface area contributed by atoms with E-state index in [4.69, 9.17) is 4.74 Å². The molecule has 3 N–H and O–H groups in total. The molecule has 2 amide bonds. The molecule has 1 atom stereocenters. The zero-order chi connectivity index (χ0) is 17.5. The maximum Gasteiger partial charge on any atom is 0.319 e. The van der Waals surface area contributed by atoms with E-state index in [1.54, 1.807) is 42.5 Å². The predicted octanol–water partition coefficient (Wildman–Crippen LogP) is 3.88. The molecule has 1 saturated heterocycles. The van der Waals surface area contributed by atoms with Crippen molar-refractivity contribution in [3.63, 3.8) is 0 Å². The van der Waals surface area contributed by atoms with Crippen LogP contribution < -0.4 is 20.7 Å². The summed E-state index contributed by atoms with van der Waals surface area (Å²) in [5.74, 6) is 0.255. The van der Waals surface area contributed by atoms with Crippen LogP contribution in [0.2, 0.25) is 0 Å². The maximum absolute atomic E-state index is 13.6. The fraction of sp³-hybridized carbons (Fsp3) is 0.316. The Labute approximate surface area is 146 Å². The summed E-state index contributed by atoms with van der Waals surface area (Å²) in [6.45, 7) is 1.70. The number of hydrogen-bond acceptors (Lipinski definition) is 3. The van der Waals surface area contributed by atoms with Crippen LogP contribution in [-0.4, -0.2) is 25.2 Å². The first-order chi connectivity index (χ1) is 12.2. The van der Waals surface area contributed by atoms with Gasteiger partial charge in [-0.3, -0.25) is 0 Å². The van der Waals surface area contributed by atoms with Gasteiger partial charge in [-0.05, 0) is 62.2 Å². The molecule has 5 nitrogen and oxygen atoms in total. The highest BCUT2D eigenvalue weighted by Crippen LogP contribution is 2.25. The summed E-state index contributed by atoms with van der Waals surface area (Å²) in [6, 6.07) is 13.3. The van der Waals surface area contributed by atoms with Gasteiger partial charge >= 0.3 is 6.03 Å². The van der Waals surface area contributed by atoms with Gasteiger partial charge in [-0.1, -0.05) is 12.1 Å². The molecule has 0 radical (unpaired) electrons. The minimum Gasteiger partial charge on any atom is -0.454 e. The standard InChI is InChI=1S/C19H22FN3O2/c20-17-5-1-2-6-18(17)25-16-9-7-15(8-10-16)23-19(24)22-13-11-14-4-3-12-21-14/h1-2,5-10,14,21H,3-4,11-13H2,(H2,22,23,24)/t14-/m1/s1. The van der Waals surface area contributed by atoms with Crippen LogP contribution in [0.3, 0.4) is 0 Å². The molecule has 1 heterocycles. The van der Waals surface area contributed by atoms with E-state index in [2.05, 4.69) is 16.0 Å². The van der Waals surface area contributed by atoms with Crippen LogP contribution in [0.25, 0.3) is 0 Å². The number of benzene rings is 2. The summed E-state index contributed by atoms with van der Waals surface area (Å²) in [7, 11) is 0. The number of urea groups is 1. The van der Waals surface area contributed by atoms with E-state index in [1.165, 1.54) is 18.9 Å². The van der Waals surface area contributed by atoms with Gasteiger partial charge in [0.1, 0.15) is 5.75 Å². The highest BCUT2D eigenvalue weighted by atomic mass is 19.1. The number of ether oxygens (including phenoxy) is 1. The summed E-state index contributed by atoms with van der Waals surface area (Å²) >= 11 is 0. The van der Waals surface area contributed by atoms with Gasteiger partial charge in [-0.2, -0.15) is 0 Å². The lowest BCUT2D eigenvalue weighted by molar-refractivity contribution is 0.251. The van der Waals surface area contributed by atoms with E-state index in [-0.39, 0.29) is 11.8 Å². The zero-order valence-corrected chi connectivity index (χ0v) is 13.9. The minimum absolute atomic E-state index is 0.168. The molecule has 25 heavy (non-hydrogen) atoms. The molecule has 0 aromatic heterocycles. The van der Waals surface area contributed by atoms with E-state index in [1.807, 2.05) is 0 Å². The average molecular weight is 343 g/mol. The van der Waals surface area contributed by atoms with Gasteiger partial charge in [0.25, 0.3) is 0 Å². The number of anilines is 1. The lowest BCUT2D eigenvalue weighted by Gasteiger charge is -2.12. The molecule has 0 saturated carbocycles. The lowest BCUT2D eigenvalue weighted by atomic mass is 10.1. The summed E-state index contributed by atoms with van der Waals surface area (Å²) in [5, 5.41) is 9.02. The van der Waals surface area contributed by atoms with Crippen molar-refractivity contribution in [1.82, 2.24) is 10.6 Å². The van der Waals surface area contributed by atoms with Crippen molar-refractivity contribution >= 4 is 11.7 Å². The van der Waals surface area contributed by atoms with E-state index in [9.17, 15) is 9.18 Å². The van der Waals surface area contributed by atoms with Crippen LogP contribution in [-0.2, 0) is 0 Å². The van der Waals surface area contributed by atoms with Crippen molar-refractivity contribution in [3.8, 4) is 11.5 Å². The van der Waals surface area contributed by atoms with Crippen molar-refractivity contribution in [1.29, 1.82) is 0 Å². The molecule has 1 aliphatic heterocycles. The first kappa shape index (κ1) is 17.2. The monoisotopic (exact) mass is 343 g/mol. The maximum atomic E-state index is 13.6. The number of halogens is 1. The predicted molar refractivity (Wildman–Crippen MR) is 95.6 cm³/mol. The Morgan fingerprint density at radius 1 is 1.20 bits per heavy atom. The van der Waals surface area contributed by atoms with Crippen molar-refractivity contribution < 1.29 is 13.9 Å². The van der Waals surface area contributed by atoms with Gasteiger partial charge in [-0.15, -0.1) is 0 Å². The summed E-state index contributed by atoms with van der Waals surface area (Å²) in [4.78, 5) is 11.9. The molecule has 1 aliphatic rings. The quantitative estimate of drug-likeness (QED) is 0.746. The van der Waals surface area contributed by atoms with Crippen LogP contribution in [0.15, 0.2) is 48.5 Å². The van der Waals surface area contributed by atoms with Crippen LogP contribution in [0.1, 0.15) is 19.3 Å². The molecular weight excluding hydrogens is 321 g/mol. The molecule has 0 unspecified atom stereocenters. The highest BCUT2D eigenvalue weighted by Gasteiger charge is 2.13. The fourth-order valence-electron chi connectivity index (χ4n) is 2.80. The highest BCUT2D eigenvalue weighted by molar-refractivity contribution is 5.89. The molecule has 2 aromatic rings. The topological polar surface area (TPSA) is 62.4 Å². The number of rotatable bonds is 6. The van der Waals surface area contributed by atoms with E-state index < -0.39 is 5.82 Å². The molecule has 0 aliphatic carbocycles. The van der Waals surface area contributed by atoms with Gasteiger partial charge < -0.3 is 20.7 Å². The van der Waals surface area contributed by atoms with E-state index in [0.29, 0.717) is 24.0 Å². The molecule has 6 heteroatoms. The Balaban J connectivity index is 1.45. The van der Waals surface area contributed by atoms with E-state index in [0.717, 1.165) is 13.0 Å². The second-order valence-corrected chi connectivity index (χ2v) is 6.02. The number of para-hydroxylation sites is 1. The van der Waals surface area contributed by atoms with Gasteiger partial charge in [0.05, 0.1) is 0 Å². The molecule has 0 bridgehead atoms. The number of amides is 2. The number of nitrogens with one attached hydrogen (secondary N) is 3. The molecule has 132 valence electrons. The van der Waals surface area contributed by atoms with Gasteiger partial charge in [-0.25, -0.2) is 9.18 Å². The van der Waals surface area contributed by atoms with Crippen molar-refractivity contribution in [3.05, 3.63) is 54.3 Å². The molecule has 3 rings (SSSR count). The second-order valence-electron chi connectivity index (χ2n) is 6.02. The zero-order valence-electron chi connectivity index (χ0n) is 13.9. The number of carbonyl (C=O) groups excluding carboxylic acids is 1. The van der Waals surface area contributed by atoms with Crippen molar-refractivity contribution in [2.45, 2.75) is 25.3 Å². The Kier molecular flexibility index (Phi) is 5.85. The molecule has 2 aromatic carbocycles. The Hall–Kier alpha value is -2.60. The number of hydrogen-bond donors (Lipinski definition) is 3. The summed E-state index contributed by atoms with van der Waals surface area (Å²) in [5.41, 5.74) is 0.650. The van der Waals surface area contributed by atoms with E-state index >= 15 is 0 Å². The van der Waals surface area contributed by atoms with Crippen molar-refractivity contribution in [2.24, 2.45) is 0 Å². The number of carbonyl (C=O) groups is 1. The lowest BCUT2D eigenvalue weighted by Crippen LogP contribution is -2.33. The fourth-order valence-corrected chi connectivity index (χ4v) is 2.80. The third-order valence-corrected chi connectivity index (χ3v) is 4.12. The Morgan fingerprint density at radius 3 is 2.72 bits per heavy atom. The molecule has 0 spiro atoms. The van der Waals surface area contributed by atoms with Crippen LogP contribution in [0, 0.1) is 5.82 Å². The third-order valence-electron chi connectivity index (χ3n) is 4.12. The first-order valence-electron chi connectivity index (χ1n) is 8.51.